The number of hydrogen-bond acceptors (Lipinski definition) is 3. The Morgan fingerprint density at radius 1 is 1.22 bits per heavy atom. The molecule has 5 nitrogen and oxygen atoms in total. The Bertz CT molecular complexity index is 655. The Kier molecular flexibility index (Phi) is 4.20. The van der Waals surface area contributed by atoms with Gasteiger partial charge in [-0.2, -0.15) is 5.10 Å². The van der Waals surface area contributed by atoms with E-state index in [1.807, 2.05) is 21.7 Å². The monoisotopic (exact) mass is 312 g/mol. The van der Waals surface area contributed by atoms with Crippen LogP contribution in [0.1, 0.15) is 55.6 Å². The highest BCUT2D eigenvalue weighted by Crippen LogP contribution is 2.24. The maximum atomic E-state index is 12.8. The van der Waals surface area contributed by atoms with Crippen LogP contribution >= 0.6 is 0 Å². The molecule has 0 aliphatic carbocycles. The van der Waals surface area contributed by atoms with Gasteiger partial charge in [0.25, 0.3) is 5.91 Å². The lowest BCUT2D eigenvalue weighted by molar-refractivity contribution is 0.0672. The molecule has 0 unspecified atom stereocenters. The highest BCUT2D eigenvalue weighted by atomic mass is 16.2. The molecule has 1 atom stereocenters. The molecule has 1 fully saturated rings. The SMILES string of the molecule is CC(C)(C)c1ccc(C(=O)N2CCC[C@H](n3cncn3)C2)cc1. The van der Waals surface area contributed by atoms with E-state index < -0.39 is 0 Å². The Hall–Kier alpha value is -2.17. The van der Waals surface area contributed by atoms with Crippen molar-refractivity contribution in [3.63, 3.8) is 0 Å². The van der Waals surface area contributed by atoms with Gasteiger partial charge in [0, 0.05) is 18.7 Å². The van der Waals surface area contributed by atoms with Crippen molar-refractivity contribution in [1.82, 2.24) is 19.7 Å². The molecule has 1 amide bonds. The van der Waals surface area contributed by atoms with Crippen molar-refractivity contribution >= 4 is 5.91 Å². The molecule has 2 aromatic rings. The van der Waals surface area contributed by atoms with Crippen molar-refractivity contribution in [2.75, 3.05) is 13.1 Å². The maximum Gasteiger partial charge on any atom is 0.253 e. The van der Waals surface area contributed by atoms with Crippen LogP contribution in [0.5, 0.6) is 0 Å². The molecule has 1 aliphatic rings. The van der Waals surface area contributed by atoms with Crippen LogP contribution in [0.3, 0.4) is 0 Å². The van der Waals surface area contributed by atoms with Crippen molar-refractivity contribution in [3.8, 4) is 0 Å². The van der Waals surface area contributed by atoms with Gasteiger partial charge in [-0.3, -0.25) is 4.79 Å². The molecule has 3 rings (SSSR count). The zero-order valence-corrected chi connectivity index (χ0v) is 14.1. The lowest BCUT2D eigenvalue weighted by atomic mass is 9.86. The predicted molar refractivity (Wildman–Crippen MR) is 89.3 cm³/mol. The molecule has 1 saturated heterocycles. The second kappa shape index (κ2) is 6.14. The van der Waals surface area contributed by atoms with E-state index in [1.165, 1.54) is 5.56 Å². The molecule has 0 radical (unpaired) electrons. The topological polar surface area (TPSA) is 51.0 Å². The van der Waals surface area contributed by atoms with E-state index in [0.29, 0.717) is 6.54 Å². The number of nitrogens with zero attached hydrogens (tertiary/aromatic N) is 4. The van der Waals surface area contributed by atoms with Crippen LogP contribution in [-0.2, 0) is 5.41 Å². The highest BCUT2D eigenvalue weighted by molar-refractivity contribution is 5.94. The number of aromatic nitrogens is 3. The van der Waals surface area contributed by atoms with Crippen molar-refractivity contribution in [1.29, 1.82) is 0 Å². The Morgan fingerprint density at radius 3 is 2.57 bits per heavy atom. The van der Waals surface area contributed by atoms with E-state index >= 15 is 0 Å². The molecule has 1 aromatic heterocycles. The van der Waals surface area contributed by atoms with Gasteiger partial charge in [0.2, 0.25) is 0 Å². The van der Waals surface area contributed by atoms with E-state index in [2.05, 4.69) is 43.0 Å². The molecule has 23 heavy (non-hydrogen) atoms. The number of carbonyl (C=O) groups excluding carboxylic acids is 1. The van der Waals surface area contributed by atoms with Crippen LogP contribution in [0.2, 0.25) is 0 Å². The van der Waals surface area contributed by atoms with Crippen LogP contribution < -0.4 is 0 Å². The summed E-state index contributed by atoms with van der Waals surface area (Å²) >= 11 is 0. The summed E-state index contributed by atoms with van der Waals surface area (Å²) in [6, 6.07) is 8.24. The van der Waals surface area contributed by atoms with E-state index in [-0.39, 0.29) is 17.4 Å². The standard InChI is InChI=1S/C18H24N4O/c1-18(2,3)15-8-6-14(7-9-15)17(23)21-10-4-5-16(11-21)22-13-19-12-20-22/h6-9,12-13,16H,4-5,10-11H2,1-3H3/t16-/m0/s1. The van der Waals surface area contributed by atoms with Gasteiger partial charge in [-0.15, -0.1) is 0 Å². The summed E-state index contributed by atoms with van der Waals surface area (Å²) in [5.41, 5.74) is 2.11. The molecule has 5 heteroatoms. The van der Waals surface area contributed by atoms with Gasteiger partial charge in [0.1, 0.15) is 12.7 Å². The van der Waals surface area contributed by atoms with Gasteiger partial charge in [-0.25, -0.2) is 9.67 Å². The Labute approximate surface area is 137 Å². The lowest BCUT2D eigenvalue weighted by Crippen LogP contribution is -2.40. The third-order valence-electron chi connectivity index (χ3n) is 4.49. The molecule has 1 aliphatic heterocycles. The average Bonchev–Trinajstić information content (AvgIpc) is 3.08. The second-order valence-electron chi connectivity index (χ2n) is 7.25. The van der Waals surface area contributed by atoms with Gasteiger partial charge < -0.3 is 4.90 Å². The number of piperidine rings is 1. The molecule has 122 valence electrons. The van der Waals surface area contributed by atoms with Gasteiger partial charge in [0.15, 0.2) is 0 Å². The fourth-order valence-corrected chi connectivity index (χ4v) is 3.06. The van der Waals surface area contributed by atoms with Crippen molar-refractivity contribution in [2.45, 2.75) is 45.1 Å². The van der Waals surface area contributed by atoms with Gasteiger partial charge in [-0.05, 0) is 36.0 Å². The van der Waals surface area contributed by atoms with Gasteiger partial charge in [0.05, 0.1) is 6.04 Å². The number of carbonyl (C=O) groups is 1. The minimum absolute atomic E-state index is 0.102. The van der Waals surface area contributed by atoms with E-state index in [0.717, 1.165) is 24.9 Å². The zero-order valence-electron chi connectivity index (χ0n) is 14.1. The molecular weight excluding hydrogens is 288 g/mol. The third kappa shape index (κ3) is 3.44. The van der Waals surface area contributed by atoms with Crippen LogP contribution in [0.25, 0.3) is 0 Å². The first-order valence-electron chi connectivity index (χ1n) is 8.19. The first-order valence-corrected chi connectivity index (χ1v) is 8.19. The quantitative estimate of drug-likeness (QED) is 0.856. The number of likely N-dealkylation sites (tertiary alicyclic amines) is 1. The highest BCUT2D eigenvalue weighted by Gasteiger charge is 2.26. The maximum absolute atomic E-state index is 12.8. The van der Waals surface area contributed by atoms with Crippen LogP contribution in [0.15, 0.2) is 36.9 Å². The number of amides is 1. The molecule has 2 heterocycles. The normalized spacial score (nSPS) is 18.9. The number of hydrogen-bond donors (Lipinski definition) is 0. The first kappa shape index (κ1) is 15.7. The largest absolute Gasteiger partial charge is 0.337 e. The minimum atomic E-state index is 0.102. The summed E-state index contributed by atoms with van der Waals surface area (Å²) in [7, 11) is 0. The molecular formula is C18H24N4O. The number of benzene rings is 1. The predicted octanol–water partition coefficient (Wildman–Crippen LogP) is 3.05. The van der Waals surface area contributed by atoms with Crippen LogP contribution in [-0.4, -0.2) is 38.7 Å². The van der Waals surface area contributed by atoms with Crippen LogP contribution in [0.4, 0.5) is 0 Å². The van der Waals surface area contributed by atoms with Crippen molar-refractivity contribution < 1.29 is 4.79 Å². The van der Waals surface area contributed by atoms with Crippen molar-refractivity contribution in [3.05, 3.63) is 48.0 Å². The summed E-state index contributed by atoms with van der Waals surface area (Å²) in [6.45, 7) is 8.04. The van der Waals surface area contributed by atoms with Gasteiger partial charge >= 0.3 is 0 Å². The lowest BCUT2D eigenvalue weighted by Gasteiger charge is -2.32. The summed E-state index contributed by atoms with van der Waals surface area (Å²) in [5.74, 6) is 0.107. The van der Waals surface area contributed by atoms with Crippen molar-refractivity contribution in [2.24, 2.45) is 0 Å². The smallest absolute Gasteiger partial charge is 0.253 e. The third-order valence-corrected chi connectivity index (χ3v) is 4.49. The van der Waals surface area contributed by atoms with E-state index in [9.17, 15) is 4.79 Å². The first-order chi connectivity index (χ1) is 10.9. The fraction of sp³-hybridized carbons (Fsp3) is 0.500. The Balaban J connectivity index is 1.72. The molecule has 1 aromatic carbocycles. The molecule has 0 N–H and O–H groups in total. The number of rotatable bonds is 2. The summed E-state index contributed by atoms with van der Waals surface area (Å²) in [5, 5.41) is 4.21. The minimum Gasteiger partial charge on any atom is -0.337 e. The fourth-order valence-electron chi connectivity index (χ4n) is 3.06. The van der Waals surface area contributed by atoms with Crippen LogP contribution in [0, 0.1) is 0 Å². The van der Waals surface area contributed by atoms with Gasteiger partial charge in [-0.1, -0.05) is 32.9 Å². The zero-order chi connectivity index (χ0) is 16.4. The molecule has 0 spiro atoms. The Morgan fingerprint density at radius 2 is 1.96 bits per heavy atom. The second-order valence-corrected chi connectivity index (χ2v) is 7.25. The summed E-state index contributed by atoms with van der Waals surface area (Å²) in [4.78, 5) is 18.7. The van der Waals surface area contributed by atoms with E-state index in [1.54, 1.807) is 12.7 Å². The average molecular weight is 312 g/mol. The summed E-state index contributed by atoms with van der Waals surface area (Å²) in [6.07, 6.45) is 5.31. The summed E-state index contributed by atoms with van der Waals surface area (Å²) < 4.78 is 1.86. The van der Waals surface area contributed by atoms with E-state index in [4.69, 9.17) is 0 Å². The molecule has 0 saturated carbocycles. The molecule has 0 bridgehead atoms.